The summed E-state index contributed by atoms with van der Waals surface area (Å²) in [6, 6.07) is 11.7. The summed E-state index contributed by atoms with van der Waals surface area (Å²) < 4.78 is 32.3. The summed E-state index contributed by atoms with van der Waals surface area (Å²) in [5, 5.41) is 2.68. The van der Waals surface area contributed by atoms with Gasteiger partial charge in [-0.25, -0.2) is 8.42 Å². The highest BCUT2D eigenvalue weighted by molar-refractivity contribution is 7.89. The summed E-state index contributed by atoms with van der Waals surface area (Å²) in [5.74, 6) is 0.352. The molecule has 8 nitrogen and oxygen atoms in total. The van der Waals surface area contributed by atoms with Gasteiger partial charge in [-0.3, -0.25) is 9.59 Å². The van der Waals surface area contributed by atoms with Crippen molar-refractivity contribution in [3.8, 4) is 5.75 Å². The molecule has 1 aliphatic heterocycles. The number of nitrogens with zero attached hydrogens (tertiary/aromatic N) is 2. The molecule has 0 bridgehead atoms. The van der Waals surface area contributed by atoms with Crippen molar-refractivity contribution in [3.05, 3.63) is 48.0 Å². The fraction of sp³-hybridized carbons (Fsp3) is 0.391. The predicted octanol–water partition coefficient (Wildman–Crippen LogP) is 2.64. The molecule has 0 saturated heterocycles. The Bertz CT molecular complexity index is 1160. The van der Waals surface area contributed by atoms with Crippen LogP contribution in [0, 0.1) is 5.92 Å². The van der Waals surface area contributed by atoms with Crippen LogP contribution in [-0.4, -0.2) is 51.3 Å². The van der Waals surface area contributed by atoms with Crippen molar-refractivity contribution in [1.82, 2.24) is 4.31 Å². The summed E-state index contributed by atoms with van der Waals surface area (Å²) in [4.78, 5) is 27.0. The molecule has 1 N–H and O–H groups in total. The van der Waals surface area contributed by atoms with E-state index in [2.05, 4.69) is 5.32 Å². The van der Waals surface area contributed by atoms with Crippen molar-refractivity contribution in [2.24, 2.45) is 5.92 Å². The van der Waals surface area contributed by atoms with Crippen LogP contribution < -0.4 is 15.0 Å². The minimum Gasteiger partial charge on any atom is -0.497 e. The normalized spacial score (nSPS) is 17.9. The Morgan fingerprint density at radius 3 is 2.62 bits per heavy atom. The summed E-state index contributed by atoms with van der Waals surface area (Å²) in [6.07, 6.45) is 2.45. The molecule has 0 unspecified atom stereocenters. The lowest BCUT2D eigenvalue weighted by molar-refractivity contribution is -0.120. The zero-order valence-electron chi connectivity index (χ0n) is 18.4. The fourth-order valence-corrected chi connectivity index (χ4v) is 5.18. The topological polar surface area (TPSA) is 96.0 Å². The number of likely N-dealkylation sites (N-methyl/N-ethyl adjacent to an activating group) is 1. The van der Waals surface area contributed by atoms with E-state index in [-0.39, 0.29) is 29.3 Å². The molecular formula is C23H27N3O5S. The van der Waals surface area contributed by atoms with E-state index in [9.17, 15) is 18.0 Å². The van der Waals surface area contributed by atoms with Gasteiger partial charge in [-0.05, 0) is 62.1 Å². The largest absolute Gasteiger partial charge is 0.497 e. The molecule has 2 aliphatic rings. The van der Waals surface area contributed by atoms with E-state index in [0.29, 0.717) is 17.9 Å². The first-order chi connectivity index (χ1) is 15.2. The van der Waals surface area contributed by atoms with Crippen molar-refractivity contribution >= 4 is 33.2 Å². The lowest BCUT2D eigenvalue weighted by Crippen LogP contribution is -2.36. The molecule has 32 heavy (non-hydrogen) atoms. The van der Waals surface area contributed by atoms with E-state index >= 15 is 0 Å². The van der Waals surface area contributed by atoms with Crippen LogP contribution in [0.15, 0.2) is 47.4 Å². The van der Waals surface area contributed by atoms with Gasteiger partial charge < -0.3 is 15.0 Å². The van der Waals surface area contributed by atoms with Gasteiger partial charge in [-0.15, -0.1) is 0 Å². The Labute approximate surface area is 188 Å². The van der Waals surface area contributed by atoms with E-state index in [4.69, 9.17) is 4.74 Å². The number of ether oxygens (including phenoxy) is 1. The Morgan fingerprint density at radius 2 is 1.94 bits per heavy atom. The molecule has 1 heterocycles. The smallest absolute Gasteiger partial charge is 0.243 e. The highest BCUT2D eigenvalue weighted by Gasteiger charge is 2.40. The molecule has 2 aromatic carbocycles. The van der Waals surface area contributed by atoms with Gasteiger partial charge in [0, 0.05) is 36.4 Å². The number of amides is 2. The molecule has 2 amide bonds. The number of nitrogens with one attached hydrogen (secondary N) is 1. The standard InChI is InChI=1S/C23H27N3O5S/c1-15-11-17-12-20(9-10-21(17)26(15)23(28)16-7-8-16)32(29,30)25(2)14-22(27)24-18-5-4-6-19(13-18)31-3/h4-6,9-10,12-13,15-16H,7-8,11,14H2,1-3H3,(H,24,27)/t15-/m0/s1. The molecule has 1 aliphatic carbocycles. The summed E-state index contributed by atoms with van der Waals surface area (Å²) in [7, 11) is -0.974. The second-order valence-electron chi connectivity index (χ2n) is 8.37. The molecule has 1 saturated carbocycles. The predicted molar refractivity (Wildman–Crippen MR) is 121 cm³/mol. The Hall–Kier alpha value is -2.91. The van der Waals surface area contributed by atoms with Gasteiger partial charge in [-0.2, -0.15) is 4.31 Å². The minimum absolute atomic E-state index is 0.00225. The Morgan fingerprint density at radius 1 is 1.19 bits per heavy atom. The molecule has 0 radical (unpaired) electrons. The monoisotopic (exact) mass is 457 g/mol. The maximum atomic E-state index is 13.1. The fourth-order valence-electron chi connectivity index (χ4n) is 4.00. The quantitative estimate of drug-likeness (QED) is 0.690. The molecule has 0 aromatic heterocycles. The van der Waals surface area contributed by atoms with Gasteiger partial charge >= 0.3 is 0 Å². The number of methoxy groups -OCH3 is 1. The average molecular weight is 458 g/mol. The van der Waals surface area contributed by atoms with Crippen LogP contribution in [0.1, 0.15) is 25.3 Å². The average Bonchev–Trinajstić information content (AvgIpc) is 3.55. The zero-order chi connectivity index (χ0) is 23.0. The lowest BCUT2D eigenvalue weighted by Gasteiger charge is -2.23. The SMILES string of the molecule is COc1cccc(NC(=O)CN(C)S(=O)(=O)c2ccc3c(c2)C[C@H](C)N3C(=O)C2CC2)c1. The summed E-state index contributed by atoms with van der Waals surface area (Å²) in [6.45, 7) is 1.64. The van der Waals surface area contributed by atoms with E-state index in [0.717, 1.165) is 28.4 Å². The second kappa shape index (κ2) is 8.55. The number of fused-ring (bicyclic) bond motifs is 1. The number of sulfonamides is 1. The molecular weight excluding hydrogens is 430 g/mol. The summed E-state index contributed by atoms with van der Waals surface area (Å²) in [5.41, 5.74) is 2.14. The number of hydrogen-bond donors (Lipinski definition) is 1. The molecule has 170 valence electrons. The molecule has 4 rings (SSSR count). The number of benzene rings is 2. The first-order valence-corrected chi connectivity index (χ1v) is 12.0. The first kappa shape index (κ1) is 22.3. The Balaban J connectivity index is 1.47. The number of anilines is 2. The van der Waals surface area contributed by atoms with Gasteiger partial charge in [0.1, 0.15) is 5.75 Å². The van der Waals surface area contributed by atoms with Gasteiger partial charge in [0.2, 0.25) is 21.8 Å². The number of carbonyl (C=O) groups is 2. The van der Waals surface area contributed by atoms with Crippen LogP contribution in [0.25, 0.3) is 0 Å². The van der Waals surface area contributed by atoms with E-state index in [1.165, 1.54) is 20.2 Å². The van der Waals surface area contributed by atoms with Gasteiger partial charge in [0.05, 0.1) is 18.6 Å². The van der Waals surface area contributed by atoms with Gasteiger partial charge in [-0.1, -0.05) is 6.07 Å². The Kier molecular flexibility index (Phi) is 5.96. The molecule has 9 heteroatoms. The van der Waals surface area contributed by atoms with Crippen LogP contribution in [0.3, 0.4) is 0 Å². The van der Waals surface area contributed by atoms with Crippen LogP contribution in [0.4, 0.5) is 11.4 Å². The number of carbonyl (C=O) groups excluding carboxylic acids is 2. The van der Waals surface area contributed by atoms with Crippen molar-refractivity contribution < 1.29 is 22.7 Å². The van der Waals surface area contributed by atoms with Crippen LogP contribution in [0.5, 0.6) is 5.75 Å². The van der Waals surface area contributed by atoms with Crippen LogP contribution >= 0.6 is 0 Å². The van der Waals surface area contributed by atoms with E-state index in [1.807, 2.05) is 6.92 Å². The van der Waals surface area contributed by atoms with Crippen molar-refractivity contribution in [2.75, 3.05) is 30.9 Å². The van der Waals surface area contributed by atoms with Crippen LogP contribution in [-0.2, 0) is 26.0 Å². The second-order valence-corrected chi connectivity index (χ2v) is 10.4. The summed E-state index contributed by atoms with van der Waals surface area (Å²) >= 11 is 0. The zero-order valence-corrected chi connectivity index (χ0v) is 19.2. The van der Waals surface area contributed by atoms with Gasteiger partial charge in [0.25, 0.3) is 0 Å². The van der Waals surface area contributed by atoms with E-state index < -0.39 is 15.9 Å². The molecule has 2 aromatic rings. The maximum absolute atomic E-state index is 13.1. The highest BCUT2D eigenvalue weighted by atomic mass is 32.2. The van der Waals surface area contributed by atoms with Crippen molar-refractivity contribution in [1.29, 1.82) is 0 Å². The van der Waals surface area contributed by atoms with Crippen LogP contribution in [0.2, 0.25) is 0 Å². The minimum atomic E-state index is -3.88. The third-order valence-corrected chi connectivity index (χ3v) is 7.66. The molecule has 0 spiro atoms. The van der Waals surface area contributed by atoms with Crippen molar-refractivity contribution in [3.63, 3.8) is 0 Å². The lowest BCUT2D eigenvalue weighted by atomic mass is 10.1. The third kappa shape index (κ3) is 4.35. The first-order valence-electron chi connectivity index (χ1n) is 10.6. The van der Waals surface area contributed by atoms with Gasteiger partial charge in [0.15, 0.2) is 0 Å². The third-order valence-electron chi connectivity index (χ3n) is 5.86. The molecule has 1 atom stereocenters. The molecule has 1 fully saturated rings. The number of hydrogen-bond acceptors (Lipinski definition) is 5. The number of rotatable bonds is 7. The maximum Gasteiger partial charge on any atom is 0.243 e. The van der Waals surface area contributed by atoms with Crippen molar-refractivity contribution in [2.45, 2.75) is 37.1 Å². The highest BCUT2D eigenvalue weighted by Crippen LogP contribution is 2.39. The van der Waals surface area contributed by atoms with E-state index in [1.54, 1.807) is 41.3 Å².